The number of nitrogens with zero attached hydrogens (tertiary/aromatic N) is 2. The largest absolute Gasteiger partial charge is 0.493 e. The third kappa shape index (κ3) is 8.36. The summed E-state index contributed by atoms with van der Waals surface area (Å²) >= 11 is 0. The summed E-state index contributed by atoms with van der Waals surface area (Å²) in [6.07, 6.45) is 5.09. The molecule has 1 aromatic rings. The van der Waals surface area contributed by atoms with E-state index in [2.05, 4.69) is 15.8 Å². The van der Waals surface area contributed by atoms with E-state index in [9.17, 15) is 24.0 Å². The number of nitrogens with two attached hydrogens (primary N) is 1. The Morgan fingerprint density at radius 2 is 1.71 bits per heavy atom. The second-order valence-electron chi connectivity index (χ2n) is 15.3. The van der Waals surface area contributed by atoms with Crippen molar-refractivity contribution in [2.45, 2.75) is 129 Å². The monoisotopic (exact) mass is 681 g/mol. The number of oxime groups is 1. The van der Waals surface area contributed by atoms with Crippen LogP contribution < -0.4 is 21.1 Å². The summed E-state index contributed by atoms with van der Waals surface area (Å²) in [6.45, 7) is 11.9. The number of Topliss-reactive ketones (excluding diaryl/α,β-unsaturated/α-hetero) is 1. The number of rotatable bonds is 12. The van der Waals surface area contributed by atoms with Gasteiger partial charge < -0.3 is 35.6 Å². The minimum atomic E-state index is -1.13. The van der Waals surface area contributed by atoms with E-state index in [1.807, 2.05) is 53.7 Å². The number of hydrogen-bond donors (Lipinski definition) is 3. The van der Waals surface area contributed by atoms with Gasteiger partial charge in [-0.25, -0.2) is 4.79 Å². The van der Waals surface area contributed by atoms with Crippen LogP contribution in [0.1, 0.15) is 102 Å². The van der Waals surface area contributed by atoms with Crippen LogP contribution in [0.15, 0.2) is 17.3 Å². The van der Waals surface area contributed by atoms with Crippen molar-refractivity contribution < 1.29 is 38.3 Å². The van der Waals surface area contributed by atoms with Gasteiger partial charge in [0.05, 0.1) is 24.9 Å². The van der Waals surface area contributed by atoms with Gasteiger partial charge in [-0.15, -0.1) is 0 Å². The highest BCUT2D eigenvalue weighted by molar-refractivity contribution is 6.37. The third-order valence-corrected chi connectivity index (χ3v) is 10.00. The van der Waals surface area contributed by atoms with Crippen molar-refractivity contribution >= 4 is 35.3 Å². The van der Waals surface area contributed by atoms with E-state index in [4.69, 9.17) is 20.0 Å². The number of aryl methyl sites for hydroxylation is 2. The number of carbonyl (C=O) groups is 5. The molecular formula is C36H51N5O8. The fourth-order valence-corrected chi connectivity index (χ4v) is 7.25. The van der Waals surface area contributed by atoms with Crippen molar-refractivity contribution in [1.29, 1.82) is 0 Å². The van der Waals surface area contributed by atoms with E-state index in [0.29, 0.717) is 25.2 Å². The average molecular weight is 682 g/mol. The summed E-state index contributed by atoms with van der Waals surface area (Å²) in [5, 5.41) is 9.98. The van der Waals surface area contributed by atoms with Gasteiger partial charge in [-0.3, -0.25) is 19.2 Å². The molecule has 1 aromatic carbocycles. The van der Waals surface area contributed by atoms with Crippen molar-refractivity contribution in [3.05, 3.63) is 28.8 Å². The summed E-state index contributed by atoms with van der Waals surface area (Å²) < 4.78 is 11.4. The Balaban J connectivity index is 1.41. The highest BCUT2D eigenvalue weighted by Gasteiger charge is 2.56. The van der Waals surface area contributed by atoms with Crippen LogP contribution in [-0.4, -0.2) is 83.2 Å². The highest BCUT2D eigenvalue weighted by atomic mass is 16.7. The molecule has 2 heterocycles. The van der Waals surface area contributed by atoms with Crippen LogP contribution in [0.4, 0.5) is 4.79 Å². The van der Waals surface area contributed by atoms with Crippen molar-refractivity contribution in [2.75, 3.05) is 13.2 Å². The summed E-state index contributed by atoms with van der Waals surface area (Å²) in [4.78, 5) is 73.8. The number of ketones is 1. The first-order valence-corrected chi connectivity index (χ1v) is 17.5. The number of primary amides is 1. The summed E-state index contributed by atoms with van der Waals surface area (Å²) in [7, 11) is 0. The molecule has 4 N–H and O–H groups in total. The SMILES string of the molecule is CCOc1c(C)cc(C2=NO[C@]3(C2)C[C@@H](C(=O)N[C@@H](CC2CC2)C(=O)C(N)=O)N(C(=O)[C@@H](NC(=O)OC2CCCC2)C(C)(C)C)C3)cc1C. The second-order valence-corrected chi connectivity index (χ2v) is 15.3. The highest BCUT2D eigenvalue weighted by Crippen LogP contribution is 2.41. The smallest absolute Gasteiger partial charge is 0.408 e. The van der Waals surface area contributed by atoms with Gasteiger partial charge >= 0.3 is 6.09 Å². The molecule has 0 unspecified atom stereocenters. The van der Waals surface area contributed by atoms with Crippen LogP contribution >= 0.6 is 0 Å². The molecule has 1 spiro atoms. The molecule has 0 radical (unpaired) electrons. The summed E-state index contributed by atoms with van der Waals surface area (Å²) in [5.41, 5.74) is 6.96. The van der Waals surface area contributed by atoms with E-state index in [1.54, 1.807) is 0 Å². The zero-order valence-electron chi connectivity index (χ0n) is 29.6. The average Bonchev–Trinajstić information content (AvgIpc) is 3.37. The number of ether oxygens (including phenoxy) is 2. The van der Waals surface area contributed by atoms with Crippen LogP contribution in [0.25, 0.3) is 0 Å². The molecule has 0 aromatic heterocycles. The quantitative estimate of drug-likeness (QED) is 0.280. The van der Waals surface area contributed by atoms with Crippen LogP contribution in [0.5, 0.6) is 5.75 Å². The Bertz CT molecular complexity index is 1490. The molecule has 2 aliphatic heterocycles. The maximum atomic E-state index is 14.5. The minimum absolute atomic E-state index is 0.00883. The lowest BCUT2D eigenvalue weighted by Crippen LogP contribution is -2.59. The Labute approximate surface area is 288 Å². The molecule has 5 rings (SSSR count). The van der Waals surface area contributed by atoms with Gasteiger partial charge in [-0.05, 0) is 87.5 Å². The number of carbonyl (C=O) groups excluding carboxylic acids is 5. The lowest BCUT2D eigenvalue weighted by Gasteiger charge is -2.35. The first-order chi connectivity index (χ1) is 23.1. The molecule has 1 saturated heterocycles. The molecule has 268 valence electrons. The topological polar surface area (TPSA) is 179 Å². The Hall–Kier alpha value is -4.16. The normalized spacial score (nSPS) is 23.4. The first kappa shape index (κ1) is 36.1. The number of amides is 4. The number of likely N-dealkylation sites (tertiary alicyclic amines) is 1. The van der Waals surface area contributed by atoms with Crippen molar-refractivity contribution in [3.63, 3.8) is 0 Å². The van der Waals surface area contributed by atoms with Crippen LogP contribution in [0.3, 0.4) is 0 Å². The second kappa shape index (κ2) is 14.4. The molecular weight excluding hydrogens is 630 g/mol. The van der Waals surface area contributed by atoms with Gasteiger partial charge in [0, 0.05) is 18.4 Å². The van der Waals surface area contributed by atoms with E-state index < -0.39 is 58.7 Å². The van der Waals surface area contributed by atoms with E-state index in [1.165, 1.54) is 4.90 Å². The Morgan fingerprint density at radius 1 is 1.06 bits per heavy atom. The molecule has 13 nitrogen and oxygen atoms in total. The summed E-state index contributed by atoms with van der Waals surface area (Å²) in [6, 6.07) is 0.740. The van der Waals surface area contributed by atoms with Gasteiger partial charge in [0.2, 0.25) is 17.6 Å². The van der Waals surface area contributed by atoms with Gasteiger partial charge in [-0.1, -0.05) is 38.8 Å². The maximum absolute atomic E-state index is 14.5. The van der Waals surface area contributed by atoms with Crippen molar-refractivity contribution in [2.24, 2.45) is 22.2 Å². The lowest BCUT2D eigenvalue weighted by molar-refractivity contribution is -0.143. The molecule has 49 heavy (non-hydrogen) atoms. The molecule has 0 bridgehead atoms. The number of alkyl carbamates (subject to hydrolysis) is 1. The van der Waals surface area contributed by atoms with Crippen molar-refractivity contribution in [1.82, 2.24) is 15.5 Å². The van der Waals surface area contributed by atoms with Gasteiger partial charge in [0.1, 0.15) is 23.9 Å². The zero-order chi connectivity index (χ0) is 35.7. The van der Waals surface area contributed by atoms with Crippen LogP contribution in [0.2, 0.25) is 0 Å². The molecule has 13 heteroatoms. The van der Waals surface area contributed by atoms with Crippen LogP contribution in [-0.2, 0) is 28.8 Å². The molecule has 4 atom stereocenters. The molecule has 3 fully saturated rings. The third-order valence-electron chi connectivity index (χ3n) is 10.00. The maximum Gasteiger partial charge on any atom is 0.408 e. The Morgan fingerprint density at radius 3 is 2.29 bits per heavy atom. The fourth-order valence-electron chi connectivity index (χ4n) is 7.25. The molecule has 2 aliphatic carbocycles. The number of nitrogens with one attached hydrogen (secondary N) is 2. The number of hydrogen-bond acceptors (Lipinski definition) is 9. The molecule has 2 saturated carbocycles. The minimum Gasteiger partial charge on any atom is -0.493 e. The standard InChI is InChI=1S/C36H51N5O8/c1-7-47-29-20(2)14-23(15-21(29)3)26-17-36(49-40-26)18-27(32(44)38-25(16-22-12-13-22)28(42)31(37)43)41(19-36)33(45)30(35(4,5)6)39-34(46)48-24-10-8-9-11-24/h14-15,22,24-25,27,30H,7-13,16-19H2,1-6H3,(H2,37,43)(H,38,44)(H,39,46)/t25-,27-,30+,36+/m0/s1. The van der Waals surface area contributed by atoms with Crippen molar-refractivity contribution in [3.8, 4) is 5.75 Å². The molecule has 4 aliphatic rings. The van der Waals surface area contributed by atoms with Gasteiger partial charge in [0.15, 0.2) is 5.60 Å². The zero-order valence-corrected chi connectivity index (χ0v) is 29.6. The predicted octanol–water partition coefficient (Wildman–Crippen LogP) is 3.59. The fraction of sp³-hybridized carbons (Fsp3) is 0.667. The van der Waals surface area contributed by atoms with Gasteiger partial charge in [0.25, 0.3) is 5.91 Å². The van der Waals surface area contributed by atoms with E-state index in [0.717, 1.165) is 61.0 Å². The van der Waals surface area contributed by atoms with Gasteiger partial charge in [-0.2, -0.15) is 0 Å². The predicted molar refractivity (Wildman–Crippen MR) is 181 cm³/mol. The Kier molecular flexibility index (Phi) is 10.6. The number of benzene rings is 1. The first-order valence-electron chi connectivity index (χ1n) is 17.5. The van der Waals surface area contributed by atoms with E-state index in [-0.39, 0.29) is 25.0 Å². The molecule has 4 amide bonds. The lowest BCUT2D eigenvalue weighted by atomic mass is 9.85. The van der Waals surface area contributed by atoms with E-state index >= 15 is 0 Å². The summed E-state index contributed by atoms with van der Waals surface area (Å²) in [5.74, 6) is -2.07. The van der Waals surface area contributed by atoms with Crippen LogP contribution in [0, 0.1) is 25.2 Å².